The Morgan fingerprint density at radius 3 is 2.40 bits per heavy atom. The lowest BCUT2D eigenvalue weighted by Gasteiger charge is -2.32. The van der Waals surface area contributed by atoms with Crippen molar-refractivity contribution in [3.8, 4) is 5.75 Å². The summed E-state index contributed by atoms with van der Waals surface area (Å²) in [6.45, 7) is 5.52. The fourth-order valence-corrected chi connectivity index (χ4v) is 2.56. The Balaban J connectivity index is 1.54. The molecule has 0 spiro atoms. The van der Waals surface area contributed by atoms with Crippen LogP contribution in [0.2, 0.25) is 0 Å². The Morgan fingerprint density at radius 2 is 1.76 bits per heavy atom. The first-order valence-electron chi connectivity index (χ1n) is 8.40. The predicted molar refractivity (Wildman–Crippen MR) is 96.9 cm³/mol. The van der Waals surface area contributed by atoms with Crippen LogP contribution in [0.15, 0.2) is 42.7 Å². The van der Waals surface area contributed by atoms with Crippen molar-refractivity contribution in [3.63, 3.8) is 0 Å². The van der Waals surface area contributed by atoms with E-state index < -0.39 is 6.10 Å². The van der Waals surface area contributed by atoms with E-state index in [-0.39, 0.29) is 5.91 Å². The number of nitrogens with one attached hydrogen (secondary N) is 1. The monoisotopic (exact) mass is 341 g/mol. The van der Waals surface area contributed by atoms with Gasteiger partial charge in [-0.2, -0.15) is 0 Å². The van der Waals surface area contributed by atoms with Crippen LogP contribution in [0, 0.1) is 0 Å². The topological polar surface area (TPSA) is 70.6 Å². The van der Waals surface area contributed by atoms with Gasteiger partial charge in [0.15, 0.2) is 6.10 Å². The van der Waals surface area contributed by atoms with Gasteiger partial charge in [0.2, 0.25) is 5.95 Å². The Labute approximate surface area is 147 Å². The highest BCUT2D eigenvalue weighted by Gasteiger charge is 2.18. The maximum Gasteiger partial charge on any atom is 0.265 e. The molecule has 0 aliphatic carbocycles. The summed E-state index contributed by atoms with van der Waals surface area (Å²) in [6.07, 6.45) is 2.65. The van der Waals surface area contributed by atoms with Crippen LogP contribution < -0.4 is 15.0 Å². The molecule has 1 fully saturated rings. The van der Waals surface area contributed by atoms with Gasteiger partial charge in [0, 0.05) is 26.2 Å². The number of nitrogens with zero attached hydrogens (tertiary/aromatic N) is 4. The molecule has 7 heteroatoms. The van der Waals surface area contributed by atoms with Crippen LogP contribution in [0.4, 0.5) is 11.6 Å². The number of amides is 1. The quantitative estimate of drug-likeness (QED) is 0.891. The van der Waals surface area contributed by atoms with Crippen LogP contribution in [0.1, 0.15) is 6.92 Å². The van der Waals surface area contributed by atoms with Crippen molar-refractivity contribution in [3.05, 3.63) is 42.7 Å². The van der Waals surface area contributed by atoms with Crippen molar-refractivity contribution in [2.24, 2.45) is 0 Å². The molecule has 1 atom stereocenters. The molecule has 0 saturated carbocycles. The first kappa shape index (κ1) is 17.2. The van der Waals surface area contributed by atoms with Crippen LogP contribution in [0.3, 0.4) is 0 Å². The first-order valence-corrected chi connectivity index (χ1v) is 8.40. The van der Waals surface area contributed by atoms with Crippen LogP contribution >= 0.6 is 0 Å². The molecule has 7 nitrogen and oxygen atoms in total. The van der Waals surface area contributed by atoms with Gasteiger partial charge in [-0.05, 0) is 26.1 Å². The van der Waals surface area contributed by atoms with Gasteiger partial charge in [0.25, 0.3) is 5.91 Å². The molecule has 0 unspecified atom stereocenters. The number of aromatic nitrogens is 2. The van der Waals surface area contributed by atoms with Gasteiger partial charge in [0.05, 0.1) is 18.1 Å². The predicted octanol–water partition coefficient (Wildman–Crippen LogP) is 1.63. The number of ether oxygens (including phenoxy) is 1. The molecule has 0 bridgehead atoms. The van der Waals surface area contributed by atoms with Crippen LogP contribution in [0.25, 0.3) is 0 Å². The lowest BCUT2D eigenvalue weighted by molar-refractivity contribution is -0.122. The zero-order chi connectivity index (χ0) is 17.6. The van der Waals surface area contributed by atoms with E-state index >= 15 is 0 Å². The molecule has 2 heterocycles. The highest BCUT2D eigenvalue weighted by Crippen LogP contribution is 2.14. The van der Waals surface area contributed by atoms with Gasteiger partial charge >= 0.3 is 0 Å². The number of piperazine rings is 1. The largest absolute Gasteiger partial charge is 0.481 e. The third-order valence-corrected chi connectivity index (χ3v) is 4.12. The SMILES string of the molecule is C[C@H](Oc1ccccc1)C(=O)Nc1cnc(N2CCN(C)CC2)nc1. The fraction of sp³-hybridized carbons (Fsp3) is 0.389. The third-order valence-electron chi connectivity index (χ3n) is 4.12. The lowest BCUT2D eigenvalue weighted by Crippen LogP contribution is -2.45. The third kappa shape index (κ3) is 4.67. The minimum atomic E-state index is -0.611. The van der Waals surface area contributed by atoms with Crippen LogP contribution in [-0.2, 0) is 4.79 Å². The summed E-state index contributed by atoms with van der Waals surface area (Å²) in [4.78, 5) is 25.4. The number of anilines is 2. The second-order valence-electron chi connectivity index (χ2n) is 6.12. The van der Waals surface area contributed by atoms with Crippen molar-refractivity contribution < 1.29 is 9.53 Å². The Kier molecular flexibility index (Phi) is 5.45. The molecule has 1 N–H and O–H groups in total. The number of carbonyl (C=O) groups is 1. The molecule has 2 aromatic rings. The average Bonchev–Trinajstić information content (AvgIpc) is 2.64. The second kappa shape index (κ2) is 7.94. The van der Waals surface area contributed by atoms with Crippen LogP contribution in [-0.4, -0.2) is 60.1 Å². The lowest BCUT2D eigenvalue weighted by atomic mass is 10.3. The number of hydrogen-bond donors (Lipinski definition) is 1. The molecule has 1 aliphatic heterocycles. The molecule has 1 aromatic carbocycles. The van der Waals surface area contributed by atoms with Gasteiger partial charge in [-0.1, -0.05) is 18.2 Å². The van der Waals surface area contributed by atoms with E-state index in [0.29, 0.717) is 17.4 Å². The van der Waals surface area contributed by atoms with Crippen molar-refractivity contribution >= 4 is 17.5 Å². The minimum Gasteiger partial charge on any atom is -0.481 e. The number of carbonyl (C=O) groups excluding carboxylic acids is 1. The summed E-state index contributed by atoms with van der Waals surface area (Å²) >= 11 is 0. The van der Waals surface area contributed by atoms with E-state index in [9.17, 15) is 4.79 Å². The summed E-state index contributed by atoms with van der Waals surface area (Å²) in [5, 5.41) is 2.78. The number of likely N-dealkylation sites (N-methyl/N-ethyl adjacent to an activating group) is 1. The number of benzene rings is 1. The van der Waals surface area contributed by atoms with E-state index in [1.165, 1.54) is 0 Å². The van der Waals surface area contributed by atoms with Crippen molar-refractivity contribution in [1.82, 2.24) is 14.9 Å². The number of hydrogen-bond acceptors (Lipinski definition) is 6. The van der Waals surface area contributed by atoms with Crippen molar-refractivity contribution in [1.29, 1.82) is 0 Å². The van der Waals surface area contributed by atoms with E-state index in [2.05, 4.69) is 32.1 Å². The summed E-state index contributed by atoms with van der Waals surface area (Å²) < 4.78 is 5.61. The highest BCUT2D eigenvalue weighted by molar-refractivity contribution is 5.93. The molecule has 0 radical (unpaired) electrons. The van der Waals surface area contributed by atoms with E-state index in [1.807, 2.05) is 30.3 Å². The fourth-order valence-electron chi connectivity index (χ4n) is 2.56. The molecule has 1 aromatic heterocycles. The van der Waals surface area contributed by atoms with Crippen molar-refractivity contribution in [2.75, 3.05) is 43.4 Å². The molecular weight excluding hydrogens is 318 g/mol. The van der Waals surface area contributed by atoms with Gasteiger partial charge in [-0.3, -0.25) is 4.79 Å². The number of para-hydroxylation sites is 1. The zero-order valence-corrected chi connectivity index (χ0v) is 14.6. The number of rotatable bonds is 5. The Bertz CT molecular complexity index is 684. The summed E-state index contributed by atoms with van der Waals surface area (Å²) in [6, 6.07) is 9.27. The smallest absolute Gasteiger partial charge is 0.265 e. The van der Waals surface area contributed by atoms with Crippen LogP contribution in [0.5, 0.6) is 5.75 Å². The Morgan fingerprint density at radius 1 is 1.12 bits per heavy atom. The first-order chi connectivity index (χ1) is 12.1. The second-order valence-corrected chi connectivity index (χ2v) is 6.12. The van der Waals surface area contributed by atoms with Gasteiger partial charge < -0.3 is 19.9 Å². The average molecular weight is 341 g/mol. The summed E-state index contributed by atoms with van der Waals surface area (Å²) in [7, 11) is 2.11. The molecule has 25 heavy (non-hydrogen) atoms. The molecule has 1 amide bonds. The maximum absolute atomic E-state index is 12.2. The van der Waals surface area contributed by atoms with E-state index in [1.54, 1.807) is 19.3 Å². The zero-order valence-electron chi connectivity index (χ0n) is 14.6. The van der Waals surface area contributed by atoms with Gasteiger partial charge in [-0.25, -0.2) is 9.97 Å². The molecule has 1 aliphatic rings. The molecule has 132 valence electrons. The normalized spacial score (nSPS) is 16.3. The van der Waals surface area contributed by atoms with Gasteiger partial charge in [-0.15, -0.1) is 0 Å². The molecular formula is C18H23N5O2. The summed E-state index contributed by atoms with van der Waals surface area (Å²) in [5.41, 5.74) is 0.561. The van der Waals surface area contributed by atoms with E-state index in [4.69, 9.17) is 4.74 Å². The minimum absolute atomic E-state index is 0.236. The summed E-state index contributed by atoms with van der Waals surface area (Å²) in [5.74, 6) is 1.12. The highest BCUT2D eigenvalue weighted by atomic mass is 16.5. The Hall–Kier alpha value is -2.67. The van der Waals surface area contributed by atoms with Gasteiger partial charge in [0.1, 0.15) is 5.75 Å². The van der Waals surface area contributed by atoms with Crippen molar-refractivity contribution in [2.45, 2.75) is 13.0 Å². The van der Waals surface area contributed by atoms with E-state index in [0.717, 1.165) is 26.2 Å². The molecule has 3 rings (SSSR count). The standard InChI is InChI=1S/C18H23N5O2/c1-14(25-16-6-4-3-5-7-16)17(24)21-15-12-19-18(20-13-15)23-10-8-22(2)9-11-23/h3-7,12-14H,8-11H2,1-2H3,(H,21,24)/t14-/m0/s1. The maximum atomic E-state index is 12.2. The molecule has 1 saturated heterocycles.